The molecule has 5 unspecified atom stereocenters. The number of phosphoric acid groups is 2. The second-order valence-electron chi connectivity index (χ2n) is 16.5. The number of carbonyl (C=O) groups excluding carboxylic acids is 2. The maximum atomic E-state index is 13.0. The van der Waals surface area contributed by atoms with Gasteiger partial charge in [0.05, 0.1) is 6.61 Å². The van der Waals surface area contributed by atoms with E-state index in [9.17, 15) is 44.0 Å². The van der Waals surface area contributed by atoms with Gasteiger partial charge in [0.15, 0.2) is 6.10 Å². The molecule has 0 bridgehead atoms. The van der Waals surface area contributed by atoms with Crippen molar-refractivity contribution in [3.8, 4) is 0 Å². The molecule has 1 saturated carbocycles. The van der Waals surface area contributed by atoms with Gasteiger partial charge in [-0.3, -0.25) is 23.2 Å². The molecule has 8 atom stereocenters. The van der Waals surface area contributed by atoms with E-state index >= 15 is 0 Å². The number of rotatable bonds is 39. The maximum absolute atomic E-state index is 13.0. The van der Waals surface area contributed by atoms with Crippen LogP contribution in [-0.4, -0.2) is 103 Å². The van der Waals surface area contributed by atoms with E-state index in [2.05, 4.69) is 54.8 Å². The Hall–Kier alpha value is -2.04. The van der Waals surface area contributed by atoms with Gasteiger partial charge in [0.25, 0.3) is 0 Å². The third-order valence-electron chi connectivity index (χ3n) is 10.7. The van der Waals surface area contributed by atoms with E-state index < -0.39 is 83.5 Å². The molecular weight excluding hydrogens is 870 g/mol. The molecule has 1 aliphatic rings. The van der Waals surface area contributed by atoms with E-state index in [4.69, 9.17) is 28.3 Å². The Morgan fingerprint density at radius 1 is 0.500 bits per heavy atom. The molecule has 18 heteroatoms. The lowest BCUT2D eigenvalue weighted by Crippen LogP contribution is -2.64. The van der Waals surface area contributed by atoms with Crippen LogP contribution in [0.3, 0.4) is 0 Å². The third kappa shape index (κ3) is 31.0. The summed E-state index contributed by atoms with van der Waals surface area (Å²) in [7, 11) is -10.7. The lowest BCUT2D eigenvalue weighted by molar-refractivity contribution is -0.216. The number of hydrogen-bond acceptors (Lipinski definition) is 13. The summed E-state index contributed by atoms with van der Waals surface area (Å²) in [4.78, 5) is 54.2. The molecule has 0 heterocycles. The van der Waals surface area contributed by atoms with Gasteiger partial charge in [-0.1, -0.05) is 159 Å². The Labute approximate surface area is 382 Å². The van der Waals surface area contributed by atoms with Crippen molar-refractivity contribution in [2.45, 2.75) is 217 Å². The zero-order chi connectivity index (χ0) is 47.5. The summed E-state index contributed by atoms with van der Waals surface area (Å²) in [6, 6.07) is 0. The zero-order valence-electron chi connectivity index (χ0n) is 38.5. The van der Waals surface area contributed by atoms with Crippen LogP contribution in [-0.2, 0) is 41.8 Å². The van der Waals surface area contributed by atoms with Crippen molar-refractivity contribution in [1.82, 2.24) is 0 Å². The number of hydrogen-bond donors (Lipinski definition) is 7. The standard InChI is InChI=1S/C46H82O16P2/c1-3-5-7-9-11-13-15-17-19-20-21-23-25-27-29-31-33-35-40(48)60-38(36-58-39(47)34-32-30-28-26-24-22-18-16-14-12-10-8-6-4-2)37-59-64(56,57)62-46-43(51)41(49)42(50)45(44(46)52)61-63(53,54)55/h11,13,17,19,21,23,27,29,38,41-46,49-52H,3-10,12,14-16,18,20,22,24-26,28,30-37H2,1-2H3,(H,56,57)(H2,53,54,55)/b13-11-,19-17-,23-21-,29-27-/t38-,41-,42?,43?,44?,45?,46-/m1/s1. The molecule has 0 spiro atoms. The van der Waals surface area contributed by atoms with Gasteiger partial charge < -0.3 is 44.6 Å². The Kier molecular flexibility index (Phi) is 34.7. The van der Waals surface area contributed by atoms with Crippen LogP contribution in [0.1, 0.15) is 174 Å². The van der Waals surface area contributed by atoms with Gasteiger partial charge in [0.2, 0.25) is 0 Å². The highest BCUT2D eigenvalue weighted by Crippen LogP contribution is 2.49. The quantitative estimate of drug-likeness (QED) is 0.0131. The van der Waals surface area contributed by atoms with E-state index in [0.717, 1.165) is 51.4 Å². The lowest BCUT2D eigenvalue weighted by Gasteiger charge is -2.43. The Morgan fingerprint density at radius 2 is 0.922 bits per heavy atom. The summed E-state index contributed by atoms with van der Waals surface area (Å²) in [6.45, 7) is 3.04. The first-order valence-electron chi connectivity index (χ1n) is 23.7. The number of aliphatic hydroxyl groups excluding tert-OH is 4. The van der Waals surface area contributed by atoms with E-state index in [1.54, 1.807) is 0 Å². The molecule has 1 aliphatic carbocycles. The normalized spacial score (nSPS) is 22.2. The van der Waals surface area contributed by atoms with Gasteiger partial charge in [0, 0.05) is 12.8 Å². The van der Waals surface area contributed by atoms with Crippen molar-refractivity contribution in [3.63, 3.8) is 0 Å². The fraction of sp³-hybridized carbons (Fsp3) is 0.783. The summed E-state index contributed by atoms with van der Waals surface area (Å²) in [5.41, 5.74) is 0. The smallest absolute Gasteiger partial charge is 0.462 e. The molecule has 372 valence electrons. The van der Waals surface area contributed by atoms with Crippen molar-refractivity contribution in [3.05, 3.63) is 48.6 Å². The van der Waals surface area contributed by atoms with Crippen LogP contribution in [0.4, 0.5) is 0 Å². The van der Waals surface area contributed by atoms with Crippen LogP contribution in [0.15, 0.2) is 48.6 Å². The number of ether oxygens (including phenoxy) is 2. The minimum atomic E-state index is -5.37. The maximum Gasteiger partial charge on any atom is 0.472 e. The van der Waals surface area contributed by atoms with Crippen LogP contribution in [0, 0.1) is 0 Å². The fourth-order valence-corrected chi connectivity index (χ4v) is 8.50. The summed E-state index contributed by atoms with van der Waals surface area (Å²) >= 11 is 0. The van der Waals surface area contributed by atoms with Crippen molar-refractivity contribution < 1.29 is 76.9 Å². The Bertz CT molecular complexity index is 1430. The van der Waals surface area contributed by atoms with E-state index in [0.29, 0.717) is 19.3 Å². The average Bonchev–Trinajstić information content (AvgIpc) is 3.25. The van der Waals surface area contributed by atoms with Crippen LogP contribution in [0.5, 0.6) is 0 Å². The topological polar surface area (TPSA) is 256 Å². The zero-order valence-corrected chi connectivity index (χ0v) is 40.2. The second kappa shape index (κ2) is 37.0. The minimum Gasteiger partial charge on any atom is -0.462 e. The van der Waals surface area contributed by atoms with Crippen LogP contribution >= 0.6 is 15.6 Å². The van der Waals surface area contributed by atoms with Crippen molar-refractivity contribution in [2.75, 3.05) is 13.2 Å². The molecule has 0 amide bonds. The molecule has 16 nitrogen and oxygen atoms in total. The van der Waals surface area contributed by atoms with Crippen LogP contribution < -0.4 is 0 Å². The molecule has 0 aromatic rings. The second-order valence-corrected chi connectivity index (χ2v) is 19.1. The number of aliphatic hydroxyl groups is 4. The monoisotopic (exact) mass is 953 g/mol. The van der Waals surface area contributed by atoms with Gasteiger partial charge in [0.1, 0.15) is 43.2 Å². The summed E-state index contributed by atoms with van der Waals surface area (Å²) in [6.07, 6.45) is 26.5. The predicted octanol–water partition coefficient (Wildman–Crippen LogP) is 8.90. The van der Waals surface area contributed by atoms with E-state index in [-0.39, 0.29) is 12.8 Å². The van der Waals surface area contributed by atoms with Crippen molar-refractivity contribution in [2.24, 2.45) is 0 Å². The average molecular weight is 953 g/mol. The van der Waals surface area contributed by atoms with E-state index in [1.807, 2.05) is 12.2 Å². The van der Waals surface area contributed by atoms with E-state index in [1.165, 1.54) is 77.0 Å². The van der Waals surface area contributed by atoms with Gasteiger partial charge >= 0.3 is 27.6 Å². The largest absolute Gasteiger partial charge is 0.472 e. The molecule has 0 radical (unpaired) electrons. The molecule has 64 heavy (non-hydrogen) atoms. The molecule has 1 fully saturated rings. The minimum absolute atomic E-state index is 0.0313. The summed E-state index contributed by atoms with van der Waals surface area (Å²) < 4.78 is 49.3. The van der Waals surface area contributed by atoms with Gasteiger partial charge in [-0.25, -0.2) is 9.13 Å². The predicted molar refractivity (Wildman–Crippen MR) is 246 cm³/mol. The molecule has 0 aromatic carbocycles. The van der Waals surface area contributed by atoms with Gasteiger partial charge in [-0.05, 0) is 51.4 Å². The first-order chi connectivity index (χ1) is 30.6. The molecular formula is C46H82O16P2. The molecule has 0 saturated heterocycles. The van der Waals surface area contributed by atoms with Crippen LogP contribution in [0.2, 0.25) is 0 Å². The fourth-order valence-electron chi connectivity index (χ4n) is 6.96. The lowest BCUT2D eigenvalue weighted by atomic mass is 9.85. The Balaban J connectivity index is 2.64. The third-order valence-corrected chi connectivity index (χ3v) is 12.2. The molecule has 1 rings (SSSR count). The SMILES string of the molecule is CCCCC/C=C\C/C=C\C/C=C\C/C=C\CCCC(=O)O[C@H](COC(=O)CCCCCCCCCCCCCCCC)COP(=O)(O)O[C@H]1C(O)C(OP(=O)(O)O)C(O)[C@@H](O)C1O. The first kappa shape index (κ1) is 60.0. The van der Waals surface area contributed by atoms with Crippen LogP contribution in [0.25, 0.3) is 0 Å². The van der Waals surface area contributed by atoms with Gasteiger partial charge in [-0.2, -0.15) is 0 Å². The number of esters is 2. The highest BCUT2D eigenvalue weighted by atomic mass is 31.2. The number of phosphoric ester groups is 2. The summed E-state index contributed by atoms with van der Waals surface area (Å²) in [5, 5.41) is 41.2. The number of allylic oxidation sites excluding steroid dienone is 8. The molecule has 0 aromatic heterocycles. The number of unbranched alkanes of at least 4 members (excludes halogenated alkanes) is 17. The summed E-state index contributed by atoms with van der Waals surface area (Å²) in [5.74, 6) is -1.27. The first-order valence-corrected chi connectivity index (χ1v) is 26.7. The van der Waals surface area contributed by atoms with Gasteiger partial charge in [-0.15, -0.1) is 0 Å². The van der Waals surface area contributed by atoms with Crippen molar-refractivity contribution >= 4 is 27.6 Å². The highest BCUT2D eigenvalue weighted by Gasteiger charge is 2.54. The van der Waals surface area contributed by atoms with Crippen molar-refractivity contribution in [1.29, 1.82) is 0 Å². The molecule has 0 aliphatic heterocycles. The molecule has 7 N–H and O–H groups in total. The Morgan fingerprint density at radius 3 is 1.42 bits per heavy atom. The highest BCUT2D eigenvalue weighted by molar-refractivity contribution is 7.47. The number of carbonyl (C=O) groups is 2.